The van der Waals surface area contributed by atoms with Gasteiger partial charge in [0.1, 0.15) is 0 Å². The predicted molar refractivity (Wildman–Crippen MR) is 54.3 cm³/mol. The van der Waals surface area contributed by atoms with Crippen LogP contribution in [0.4, 0.5) is 0 Å². The van der Waals surface area contributed by atoms with E-state index in [1.54, 1.807) is 13.8 Å². The van der Waals surface area contributed by atoms with Crippen molar-refractivity contribution in [1.29, 1.82) is 0 Å². The maximum absolute atomic E-state index is 8.91. The van der Waals surface area contributed by atoms with Gasteiger partial charge >= 0.3 is 0 Å². The second-order valence-corrected chi connectivity index (χ2v) is 3.61. The Hall–Kier alpha value is -0.0500. The standard InChI is InChI=1S/C7H17NO2.H2O3S/c1-6(9)4-8(3)5-7(2)10;1-4(2)3/h6-7,9-10H,4-5H2,1-3H3;(H2,1,2,3). The molecule has 0 rings (SSSR count). The number of nitrogens with zero attached hydrogens (tertiary/aromatic N) is 1. The van der Waals surface area contributed by atoms with Gasteiger partial charge in [0.15, 0.2) is 0 Å². The monoisotopic (exact) mass is 229 g/mol. The maximum atomic E-state index is 8.91. The molecule has 14 heavy (non-hydrogen) atoms. The minimum absolute atomic E-state index is 0.316. The first-order valence-electron chi connectivity index (χ1n) is 4.10. The van der Waals surface area contributed by atoms with Crippen molar-refractivity contribution in [2.75, 3.05) is 20.1 Å². The fourth-order valence-corrected chi connectivity index (χ4v) is 0.977. The fraction of sp³-hybridized carbons (Fsp3) is 1.00. The highest BCUT2D eigenvalue weighted by Crippen LogP contribution is 1.90. The number of aliphatic hydroxyl groups excluding tert-OH is 2. The smallest absolute Gasteiger partial charge is 0.299 e. The lowest BCUT2D eigenvalue weighted by atomic mass is 10.3. The van der Waals surface area contributed by atoms with E-state index in [1.807, 2.05) is 11.9 Å². The SMILES string of the molecule is CC(O)CN(C)CC(C)O.O=S(O)O. The molecular formula is C7H19NO5S. The second-order valence-electron chi connectivity index (χ2n) is 3.15. The molecule has 0 spiro atoms. The second kappa shape index (κ2) is 9.50. The van der Waals surface area contributed by atoms with Crippen LogP contribution in [0.25, 0.3) is 0 Å². The number of aliphatic hydroxyl groups is 2. The van der Waals surface area contributed by atoms with Gasteiger partial charge in [-0.05, 0) is 20.9 Å². The molecule has 0 saturated carbocycles. The first-order valence-corrected chi connectivity index (χ1v) is 5.16. The molecule has 4 N–H and O–H groups in total. The average molecular weight is 229 g/mol. The zero-order valence-corrected chi connectivity index (χ0v) is 9.44. The number of rotatable bonds is 4. The molecule has 0 bridgehead atoms. The minimum Gasteiger partial charge on any atom is -0.392 e. The lowest BCUT2D eigenvalue weighted by Crippen LogP contribution is -2.32. The molecule has 2 atom stereocenters. The van der Waals surface area contributed by atoms with Crippen molar-refractivity contribution in [1.82, 2.24) is 4.90 Å². The van der Waals surface area contributed by atoms with Gasteiger partial charge in [-0.25, -0.2) is 0 Å². The van der Waals surface area contributed by atoms with Crippen LogP contribution in [0.2, 0.25) is 0 Å². The zero-order chi connectivity index (χ0) is 11.7. The van der Waals surface area contributed by atoms with Crippen LogP contribution in [0.1, 0.15) is 13.8 Å². The van der Waals surface area contributed by atoms with E-state index in [9.17, 15) is 0 Å². The molecule has 0 aromatic carbocycles. The van der Waals surface area contributed by atoms with E-state index in [0.29, 0.717) is 13.1 Å². The van der Waals surface area contributed by atoms with Gasteiger partial charge in [0.05, 0.1) is 12.2 Å². The lowest BCUT2D eigenvalue weighted by Gasteiger charge is -2.19. The molecule has 0 amide bonds. The highest BCUT2D eigenvalue weighted by Gasteiger charge is 2.04. The summed E-state index contributed by atoms with van der Waals surface area (Å²) < 4.78 is 22.8. The first-order chi connectivity index (χ1) is 6.25. The van der Waals surface area contributed by atoms with E-state index in [4.69, 9.17) is 23.5 Å². The zero-order valence-electron chi connectivity index (χ0n) is 8.62. The van der Waals surface area contributed by atoms with Crippen molar-refractivity contribution >= 4 is 11.4 Å². The molecule has 0 aliphatic carbocycles. The van der Waals surface area contributed by atoms with Gasteiger partial charge < -0.3 is 15.1 Å². The van der Waals surface area contributed by atoms with Gasteiger partial charge in [0.25, 0.3) is 11.4 Å². The van der Waals surface area contributed by atoms with Crippen LogP contribution < -0.4 is 0 Å². The summed E-state index contributed by atoms with van der Waals surface area (Å²) in [6.07, 6.45) is -0.632. The van der Waals surface area contributed by atoms with Crippen LogP contribution >= 0.6 is 0 Å². The third kappa shape index (κ3) is 22.7. The first kappa shape index (κ1) is 16.4. The molecular weight excluding hydrogens is 210 g/mol. The Bertz CT molecular complexity index is 139. The molecule has 0 heterocycles. The van der Waals surface area contributed by atoms with Gasteiger partial charge in [-0.15, -0.1) is 0 Å². The van der Waals surface area contributed by atoms with E-state index in [2.05, 4.69) is 0 Å². The Labute approximate surface area is 86.7 Å². The summed E-state index contributed by atoms with van der Waals surface area (Å²) in [5, 5.41) is 17.8. The third-order valence-corrected chi connectivity index (χ3v) is 1.15. The summed E-state index contributed by atoms with van der Waals surface area (Å²) >= 11 is -2.61. The van der Waals surface area contributed by atoms with E-state index in [-0.39, 0.29) is 12.2 Å². The number of hydrogen-bond acceptors (Lipinski definition) is 4. The molecule has 88 valence electrons. The Balaban J connectivity index is 0. The fourth-order valence-electron chi connectivity index (χ4n) is 0.977. The van der Waals surface area contributed by atoms with Crippen LogP contribution in [0.5, 0.6) is 0 Å². The summed E-state index contributed by atoms with van der Waals surface area (Å²) in [6.45, 7) is 4.70. The molecule has 0 aromatic heterocycles. The van der Waals surface area contributed by atoms with Gasteiger partial charge in [-0.3, -0.25) is 9.11 Å². The van der Waals surface area contributed by atoms with Gasteiger partial charge in [-0.1, -0.05) is 0 Å². The van der Waals surface area contributed by atoms with E-state index >= 15 is 0 Å². The summed E-state index contributed by atoms with van der Waals surface area (Å²) in [5.74, 6) is 0. The minimum atomic E-state index is -2.61. The topological polar surface area (TPSA) is 101 Å². The van der Waals surface area contributed by atoms with Crippen LogP contribution in [-0.2, 0) is 11.4 Å². The molecule has 2 unspecified atom stereocenters. The van der Waals surface area contributed by atoms with Crippen molar-refractivity contribution < 1.29 is 23.5 Å². The highest BCUT2D eigenvalue weighted by atomic mass is 32.2. The molecule has 6 nitrogen and oxygen atoms in total. The van der Waals surface area contributed by atoms with Gasteiger partial charge in [0.2, 0.25) is 0 Å². The summed E-state index contributed by atoms with van der Waals surface area (Å²) in [5.41, 5.74) is 0. The molecule has 0 radical (unpaired) electrons. The van der Waals surface area contributed by atoms with Gasteiger partial charge in [0, 0.05) is 13.1 Å². The van der Waals surface area contributed by atoms with E-state index in [0.717, 1.165) is 0 Å². The van der Waals surface area contributed by atoms with Crippen LogP contribution in [0.15, 0.2) is 0 Å². The summed E-state index contributed by atoms with van der Waals surface area (Å²) in [6, 6.07) is 0. The van der Waals surface area contributed by atoms with Crippen LogP contribution in [0, 0.1) is 0 Å². The Kier molecular flexibility index (Phi) is 11.1. The van der Waals surface area contributed by atoms with Gasteiger partial charge in [-0.2, -0.15) is 4.21 Å². The number of hydrogen-bond donors (Lipinski definition) is 4. The molecule has 0 aromatic rings. The van der Waals surface area contributed by atoms with E-state index in [1.165, 1.54) is 0 Å². The normalized spacial score (nSPS) is 14.9. The van der Waals surface area contributed by atoms with Crippen LogP contribution in [0.3, 0.4) is 0 Å². The molecule has 7 heteroatoms. The average Bonchev–Trinajstić information content (AvgIpc) is 1.79. The predicted octanol–water partition coefficient (Wildman–Crippen LogP) is -0.639. The Morgan fingerprint density at radius 2 is 1.36 bits per heavy atom. The van der Waals surface area contributed by atoms with Crippen molar-refractivity contribution in [2.45, 2.75) is 26.1 Å². The van der Waals surface area contributed by atoms with Crippen molar-refractivity contribution in [3.63, 3.8) is 0 Å². The molecule has 0 fully saturated rings. The number of likely N-dealkylation sites (N-methyl/N-ethyl adjacent to an activating group) is 1. The van der Waals surface area contributed by atoms with E-state index < -0.39 is 11.4 Å². The molecule has 0 aliphatic heterocycles. The largest absolute Gasteiger partial charge is 0.392 e. The quantitative estimate of drug-likeness (QED) is 0.478. The molecule has 0 saturated heterocycles. The summed E-state index contributed by atoms with van der Waals surface area (Å²) in [4.78, 5) is 1.90. The Morgan fingerprint density at radius 1 is 1.14 bits per heavy atom. The van der Waals surface area contributed by atoms with Crippen molar-refractivity contribution in [3.05, 3.63) is 0 Å². The van der Waals surface area contributed by atoms with Crippen LogP contribution in [-0.4, -0.2) is 60.8 Å². The van der Waals surface area contributed by atoms with Crippen molar-refractivity contribution in [3.8, 4) is 0 Å². The third-order valence-electron chi connectivity index (χ3n) is 1.15. The molecule has 0 aliphatic rings. The maximum Gasteiger partial charge on any atom is 0.299 e. The highest BCUT2D eigenvalue weighted by molar-refractivity contribution is 7.73. The summed E-state index contributed by atoms with van der Waals surface area (Å²) in [7, 11) is 1.87. The Morgan fingerprint density at radius 3 is 1.50 bits per heavy atom. The lowest BCUT2D eigenvalue weighted by molar-refractivity contribution is 0.0990. The van der Waals surface area contributed by atoms with Crippen molar-refractivity contribution in [2.24, 2.45) is 0 Å².